The number of rotatable bonds is 8. The summed E-state index contributed by atoms with van der Waals surface area (Å²) in [6.45, 7) is 5.70. The number of pyridine rings is 1. The molecule has 1 heterocycles. The summed E-state index contributed by atoms with van der Waals surface area (Å²) >= 11 is 3.23. The summed E-state index contributed by atoms with van der Waals surface area (Å²) in [6.07, 6.45) is 3.24. The Balaban J connectivity index is 1.74. The maximum Gasteiger partial charge on any atom is 0.265 e. The van der Waals surface area contributed by atoms with Gasteiger partial charge in [-0.25, -0.2) is 0 Å². The van der Waals surface area contributed by atoms with E-state index >= 15 is 0 Å². The van der Waals surface area contributed by atoms with Crippen LogP contribution in [0.5, 0.6) is 0 Å². The first kappa shape index (κ1) is 25.1. The highest BCUT2D eigenvalue weighted by Gasteiger charge is 2.34. The van der Waals surface area contributed by atoms with Crippen LogP contribution in [0, 0.1) is 0 Å². The highest BCUT2D eigenvalue weighted by Crippen LogP contribution is 2.32. The Hall–Kier alpha value is -4.03. The lowest BCUT2D eigenvalue weighted by atomic mass is 10.0. The number of aromatic nitrogens is 1. The molecule has 1 N–H and O–H groups in total. The Morgan fingerprint density at radius 2 is 1.42 bits per heavy atom. The van der Waals surface area contributed by atoms with Crippen LogP contribution in [0.1, 0.15) is 30.1 Å². The fourth-order valence-corrected chi connectivity index (χ4v) is 4.22. The second-order valence-corrected chi connectivity index (χ2v) is 9.28. The first-order chi connectivity index (χ1) is 17.5. The molecule has 0 bridgehead atoms. The smallest absolute Gasteiger partial charge is 0.265 e. The van der Waals surface area contributed by atoms with Gasteiger partial charge < -0.3 is 5.32 Å². The topological polar surface area (TPSA) is 62.3 Å². The number of nitrogens with zero attached hydrogens (tertiary/aromatic N) is 2. The molecule has 2 atom stereocenters. The maximum absolute atomic E-state index is 13.8. The molecule has 36 heavy (non-hydrogen) atoms. The van der Waals surface area contributed by atoms with Crippen LogP contribution >= 0.6 is 15.9 Å². The predicted molar refractivity (Wildman–Crippen MR) is 147 cm³/mol. The quantitative estimate of drug-likeness (QED) is 0.256. The minimum Gasteiger partial charge on any atom is -0.347 e. The second kappa shape index (κ2) is 11.6. The monoisotopic (exact) mass is 539 g/mol. The molecule has 1 unspecified atom stereocenters. The highest BCUT2D eigenvalue weighted by atomic mass is 79.9. The second-order valence-electron chi connectivity index (χ2n) is 8.32. The van der Waals surface area contributed by atoms with Crippen molar-refractivity contribution in [1.29, 1.82) is 0 Å². The molecular weight excluding hydrogens is 514 g/mol. The first-order valence-corrected chi connectivity index (χ1v) is 12.3. The van der Waals surface area contributed by atoms with Gasteiger partial charge in [0.05, 0.1) is 10.5 Å². The molecule has 0 aliphatic carbocycles. The molecular formula is C30H26BrN3O2. The average Bonchev–Trinajstić information content (AvgIpc) is 2.92. The van der Waals surface area contributed by atoms with E-state index in [1.165, 1.54) is 4.90 Å². The van der Waals surface area contributed by atoms with E-state index < -0.39 is 11.9 Å². The number of anilines is 1. The molecule has 0 aliphatic heterocycles. The molecule has 2 amide bonds. The molecule has 0 spiro atoms. The zero-order valence-electron chi connectivity index (χ0n) is 19.8. The number of carbonyl (C=O) groups excluding carboxylic acids is 2. The number of halogens is 1. The van der Waals surface area contributed by atoms with E-state index in [0.717, 1.165) is 16.7 Å². The number of carbonyl (C=O) groups is 2. The van der Waals surface area contributed by atoms with Crippen LogP contribution in [0.2, 0.25) is 0 Å². The number of amides is 2. The van der Waals surface area contributed by atoms with Crippen molar-refractivity contribution in [3.8, 4) is 11.1 Å². The van der Waals surface area contributed by atoms with Gasteiger partial charge >= 0.3 is 0 Å². The minimum absolute atomic E-state index is 0.146. The molecule has 0 aliphatic rings. The van der Waals surface area contributed by atoms with Crippen LogP contribution in [0.3, 0.4) is 0 Å². The molecule has 0 radical (unpaired) electrons. The van der Waals surface area contributed by atoms with E-state index in [1.54, 1.807) is 24.5 Å². The van der Waals surface area contributed by atoms with Crippen molar-refractivity contribution in [3.63, 3.8) is 0 Å². The summed E-state index contributed by atoms with van der Waals surface area (Å²) in [4.78, 5) is 32.9. The summed E-state index contributed by atoms with van der Waals surface area (Å²) in [5.41, 5.74) is 4.18. The van der Waals surface area contributed by atoms with Crippen LogP contribution in [-0.4, -0.2) is 16.8 Å². The molecule has 0 saturated carbocycles. The Kier molecular flexibility index (Phi) is 8.08. The van der Waals surface area contributed by atoms with Crippen LogP contribution < -0.4 is 10.2 Å². The summed E-state index contributed by atoms with van der Waals surface area (Å²) in [6, 6.07) is 29.5. The fourth-order valence-electron chi connectivity index (χ4n) is 4.03. The molecule has 0 fully saturated rings. The van der Waals surface area contributed by atoms with Gasteiger partial charge in [0.2, 0.25) is 5.91 Å². The third-order valence-corrected chi connectivity index (χ3v) is 6.21. The van der Waals surface area contributed by atoms with Crippen LogP contribution in [-0.2, 0) is 9.59 Å². The van der Waals surface area contributed by atoms with Gasteiger partial charge in [-0.3, -0.25) is 19.5 Å². The summed E-state index contributed by atoms with van der Waals surface area (Å²) in [5.74, 6) is -0.743. The highest BCUT2D eigenvalue weighted by molar-refractivity contribution is 9.12. The van der Waals surface area contributed by atoms with E-state index in [-0.39, 0.29) is 16.4 Å². The van der Waals surface area contributed by atoms with E-state index in [9.17, 15) is 9.59 Å². The molecule has 1 aromatic heterocycles. The normalized spacial score (nSPS) is 12.3. The van der Waals surface area contributed by atoms with Crippen LogP contribution in [0.15, 0.2) is 121 Å². The Bertz CT molecular complexity index is 1330. The molecule has 6 heteroatoms. The number of hydrogen-bond donors (Lipinski definition) is 1. The van der Waals surface area contributed by atoms with Gasteiger partial charge in [-0.2, -0.15) is 0 Å². The standard InChI is InChI=1S/C30H26BrN3O2/c1-21(31)30(36)34(27-17-15-25(16-18-27)24-12-7-4-8-13-24)28(26-14-9-19-32-20-26)29(35)33-22(2)23-10-5-3-6-11-23/h3-20,22,28H,1H2,2H3,(H,33,35)/t22-,28?/m0/s1. The first-order valence-electron chi connectivity index (χ1n) is 11.5. The van der Waals surface area contributed by atoms with Gasteiger partial charge in [0.25, 0.3) is 5.91 Å². The largest absolute Gasteiger partial charge is 0.347 e. The van der Waals surface area contributed by atoms with Gasteiger partial charge in [-0.05, 0) is 57.7 Å². The maximum atomic E-state index is 13.8. The lowest BCUT2D eigenvalue weighted by Crippen LogP contribution is -2.44. The average molecular weight is 540 g/mol. The van der Waals surface area contributed by atoms with Gasteiger partial charge in [-0.15, -0.1) is 0 Å². The molecule has 3 aromatic carbocycles. The van der Waals surface area contributed by atoms with Crippen molar-refractivity contribution in [2.45, 2.75) is 19.0 Å². The van der Waals surface area contributed by atoms with E-state index in [1.807, 2.05) is 91.9 Å². The Morgan fingerprint density at radius 3 is 2.00 bits per heavy atom. The van der Waals surface area contributed by atoms with E-state index in [4.69, 9.17) is 0 Å². The molecule has 180 valence electrons. The van der Waals surface area contributed by atoms with E-state index in [0.29, 0.717) is 11.3 Å². The zero-order chi connectivity index (χ0) is 25.5. The van der Waals surface area contributed by atoms with Crippen molar-refractivity contribution >= 4 is 33.4 Å². The van der Waals surface area contributed by atoms with Crippen LogP contribution in [0.25, 0.3) is 11.1 Å². The number of nitrogens with one attached hydrogen (secondary N) is 1. The fraction of sp³-hybridized carbons (Fsp3) is 0.100. The molecule has 5 nitrogen and oxygen atoms in total. The molecule has 4 aromatic rings. The Labute approximate surface area is 219 Å². The zero-order valence-corrected chi connectivity index (χ0v) is 21.4. The van der Waals surface area contributed by atoms with Gasteiger partial charge in [0, 0.05) is 23.6 Å². The summed E-state index contributed by atoms with van der Waals surface area (Å²) in [5, 5.41) is 3.07. The number of benzene rings is 3. The van der Waals surface area contributed by atoms with Crippen molar-refractivity contribution in [2.75, 3.05) is 4.90 Å². The van der Waals surface area contributed by atoms with Gasteiger partial charge in [-0.1, -0.05) is 85.4 Å². The van der Waals surface area contributed by atoms with Crippen molar-refractivity contribution in [1.82, 2.24) is 10.3 Å². The third kappa shape index (κ3) is 5.78. The molecule has 4 rings (SSSR count). The predicted octanol–water partition coefficient (Wildman–Crippen LogP) is 6.61. The van der Waals surface area contributed by atoms with Gasteiger partial charge in [0.1, 0.15) is 6.04 Å². The summed E-state index contributed by atoms with van der Waals surface area (Å²) in [7, 11) is 0. The summed E-state index contributed by atoms with van der Waals surface area (Å²) < 4.78 is 0.146. The van der Waals surface area contributed by atoms with Crippen molar-refractivity contribution in [3.05, 3.63) is 132 Å². The van der Waals surface area contributed by atoms with Gasteiger partial charge in [0.15, 0.2) is 0 Å². The number of hydrogen-bond acceptors (Lipinski definition) is 3. The minimum atomic E-state index is -0.964. The third-order valence-electron chi connectivity index (χ3n) is 5.87. The van der Waals surface area contributed by atoms with Crippen molar-refractivity contribution < 1.29 is 9.59 Å². The lowest BCUT2D eigenvalue weighted by molar-refractivity contribution is -0.125. The van der Waals surface area contributed by atoms with Crippen molar-refractivity contribution in [2.24, 2.45) is 0 Å². The molecule has 0 saturated heterocycles. The SMILES string of the molecule is C=C(Br)C(=O)N(c1ccc(-c2ccccc2)cc1)C(C(=O)N[C@@H](C)c1ccccc1)c1cccnc1. The van der Waals surface area contributed by atoms with Crippen LogP contribution in [0.4, 0.5) is 5.69 Å². The van der Waals surface area contributed by atoms with E-state index in [2.05, 4.69) is 32.8 Å². The lowest BCUT2D eigenvalue weighted by Gasteiger charge is -2.32. The Morgan fingerprint density at radius 1 is 0.833 bits per heavy atom.